The molecule has 50 valence electrons. The summed E-state index contributed by atoms with van der Waals surface area (Å²) >= 11 is 1.78. The summed E-state index contributed by atoms with van der Waals surface area (Å²) in [6, 6.07) is 0. The van der Waals surface area contributed by atoms with Crippen LogP contribution in [0.1, 0.15) is 6.42 Å². The Morgan fingerprint density at radius 1 is 1.75 bits per heavy atom. The fourth-order valence-corrected chi connectivity index (χ4v) is 0.704. The van der Waals surface area contributed by atoms with E-state index < -0.39 is 11.3 Å². The lowest BCUT2D eigenvalue weighted by atomic mass is 10.5. The van der Waals surface area contributed by atoms with Crippen molar-refractivity contribution in [2.45, 2.75) is 6.42 Å². The fourth-order valence-electron chi connectivity index (χ4n) is 0.235. The summed E-state index contributed by atoms with van der Waals surface area (Å²) in [4.78, 5) is 0. The predicted octanol–water partition coefficient (Wildman–Crippen LogP) is -0.310. The Bertz CT molecular complexity index is 77.7. The van der Waals surface area contributed by atoms with Crippen molar-refractivity contribution >= 4 is 23.9 Å². The molecule has 0 saturated carbocycles. The third-order valence-corrected chi connectivity index (χ3v) is 1.31. The number of hydrogen-bond acceptors (Lipinski definition) is 3. The van der Waals surface area contributed by atoms with Crippen molar-refractivity contribution < 1.29 is 8.76 Å². The topological polar surface area (TPSA) is 52.2 Å². The highest BCUT2D eigenvalue weighted by molar-refractivity contribution is 7.80. The smallest absolute Gasteiger partial charge is 0.0181 e. The van der Waals surface area contributed by atoms with Crippen molar-refractivity contribution in [3.8, 4) is 0 Å². The highest BCUT2D eigenvalue weighted by Crippen LogP contribution is 1.79. The first-order chi connectivity index (χ1) is 3.77. The highest BCUT2D eigenvalue weighted by Gasteiger charge is 1.80. The molecule has 0 radical (unpaired) electrons. The summed E-state index contributed by atoms with van der Waals surface area (Å²) in [6.07, 6.45) is 0.775. The predicted molar refractivity (Wildman–Crippen MR) is 35.4 cm³/mol. The van der Waals surface area contributed by atoms with Gasteiger partial charge in [-0.1, -0.05) is 0 Å². The van der Waals surface area contributed by atoms with Gasteiger partial charge < -0.3 is 4.55 Å². The van der Waals surface area contributed by atoms with Crippen LogP contribution in [0.2, 0.25) is 0 Å². The van der Waals surface area contributed by atoms with Crippen LogP contribution in [0.5, 0.6) is 0 Å². The highest BCUT2D eigenvalue weighted by atomic mass is 32.2. The van der Waals surface area contributed by atoms with Crippen LogP contribution < -0.4 is 4.72 Å². The summed E-state index contributed by atoms with van der Waals surface area (Å²) in [7, 11) is 0. The molecule has 0 aromatic heterocycles. The Kier molecular flexibility index (Phi) is 5.85. The molecule has 0 rings (SSSR count). The molecule has 1 atom stereocenters. The molecule has 0 aliphatic rings. The van der Waals surface area contributed by atoms with E-state index in [0.717, 1.165) is 6.42 Å². The molecule has 0 aromatic carbocycles. The number of thiol groups is 1. The first-order valence-corrected chi connectivity index (χ1v) is 3.91. The zero-order valence-electron chi connectivity index (χ0n) is 4.29. The molecule has 0 bridgehead atoms. The average molecular weight is 154 g/mol. The van der Waals surface area contributed by atoms with E-state index >= 15 is 0 Å². The van der Waals surface area contributed by atoms with Crippen molar-refractivity contribution in [2.24, 2.45) is 0 Å². The summed E-state index contributed by atoms with van der Waals surface area (Å²) in [6.45, 7) is 0.486. The minimum atomic E-state index is -2.10. The molecule has 0 aromatic rings. The van der Waals surface area contributed by atoms with Crippen molar-refractivity contribution in [2.75, 3.05) is 12.3 Å². The van der Waals surface area contributed by atoms with Gasteiger partial charge in [0.05, 0.1) is 0 Å². The molecule has 0 fully saturated rings. The van der Waals surface area contributed by atoms with Crippen molar-refractivity contribution in [3.63, 3.8) is 0 Å². The van der Waals surface area contributed by atoms with Crippen LogP contribution in [0, 0.1) is 0 Å². The van der Waals surface area contributed by atoms with Crippen LogP contribution in [-0.4, -0.2) is 21.1 Å². The molecule has 0 aliphatic heterocycles. The second kappa shape index (κ2) is 5.55. The van der Waals surface area contributed by atoms with E-state index in [-0.39, 0.29) is 0 Å². The minimum absolute atomic E-state index is 0.486. The van der Waals surface area contributed by atoms with Gasteiger partial charge >= 0.3 is 0 Å². The summed E-state index contributed by atoms with van der Waals surface area (Å²) in [5.41, 5.74) is 0. The maximum Gasteiger partial charge on any atom is 0.0181 e. The molecule has 0 spiro atoms. The first-order valence-electron chi connectivity index (χ1n) is 2.21. The van der Waals surface area contributed by atoms with Crippen LogP contribution in [0.15, 0.2) is 0 Å². The average Bonchev–Trinajstić information content (AvgIpc) is 1.66. The summed E-state index contributed by atoms with van der Waals surface area (Å²) < 4.78 is 21.7. The second-order valence-corrected chi connectivity index (χ2v) is 2.41. The van der Waals surface area contributed by atoms with Crippen LogP contribution in [-0.2, 0) is 11.3 Å². The summed E-state index contributed by atoms with van der Waals surface area (Å²) in [5.74, 6) is 0.712. The van der Waals surface area contributed by atoms with E-state index in [1.54, 1.807) is 0 Å². The molecular formula is C3H8NO2S2-. The molecule has 3 nitrogen and oxygen atoms in total. The molecule has 0 amide bonds. The normalized spacial score (nSPS) is 13.8. The fraction of sp³-hybridized carbons (Fsp3) is 1.00. The lowest BCUT2D eigenvalue weighted by molar-refractivity contribution is 0.523. The standard InChI is InChI=1S/C3H9NO2S2/c5-8(6)4-2-1-3-7/h4,7H,1-3H2,(H,5,6)/p-1. The van der Waals surface area contributed by atoms with Gasteiger partial charge in [0, 0.05) is 17.8 Å². The van der Waals surface area contributed by atoms with Crippen molar-refractivity contribution in [1.29, 1.82) is 0 Å². The first kappa shape index (κ1) is 8.42. The third kappa shape index (κ3) is 6.42. The van der Waals surface area contributed by atoms with Crippen LogP contribution in [0.4, 0.5) is 0 Å². The van der Waals surface area contributed by atoms with Crippen LogP contribution in [0.25, 0.3) is 0 Å². The lowest BCUT2D eigenvalue weighted by Crippen LogP contribution is -2.17. The zero-order valence-corrected chi connectivity index (χ0v) is 6.00. The minimum Gasteiger partial charge on any atom is -0.760 e. The van der Waals surface area contributed by atoms with Crippen LogP contribution in [0.3, 0.4) is 0 Å². The van der Waals surface area contributed by atoms with E-state index in [9.17, 15) is 8.76 Å². The molecular weight excluding hydrogens is 146 g/mol. The molecule has 0 aliphatic carbocycles. The summed E-state index contributed by atoms with van der Waals surface area (Å²) in [5, 5.41) is 0. The Morgan fingerprint density at radius 3 is 2.75 bits per heavy atom. The SMILES string of the molecule is O=S([O-])NCCCS. The van der Waals surface area contributed by atoms with Gasteiger partial charge in [0.1, 0.15) is 0 Å². The largest absolute Gasteiger partial charge is 0.760 e. The number of nitrogens with one attached hydrogen (secondary N) is 1. The maximum atomic E-state index is 9.74. The van der Waals surface area contributed by atoms with E-state index in [0.29, 0.717) is 12.3 Å². The Hall–Kier alpha value is 0.420. The molecule has 0 heterocycles. The van der Waals surface area contributed by atoms with Gasteiger partial charge in [-0.3, -0.25) is 4.21 Å². The molecule has 5 heteroatoms. The number of rotatable bonds is 4. The Morgan fingerprint density at radius 2 is 2.38 bits per heavy atom. The molecule has 0 saturated heterocycles. The van der Waals surface area contributed by atoms with Gasteiger partial charge in [-0.05, 0) is 12.2 Å². The van der Waals surface area contributed by atoms with Gasteiger partial charge in [-0.25, -0.2) is 4.72 Å². The van der Waals surface area contributed by atoms with Crippen molar-refractivity contribution in [1.82, 2.24) is 4.72 Å². The van der Waals surface area contributed by atoms with Gasteiger partial charge in [0.2, 0.25) is 0 Å². The van der Waals surface area contributed by atoms with Gasteiger partial charge in [0.25, 0.3) is 0 Å². The Labute approximate surface area is 56.7 Å². The lowest BCUT2D eigenvalue weighted by Gasteiger charge is -2.03. The monoisotopic (exact) mass is 154 g/mol. The molecule has 1 unspecified atom stereocenters. The molecule has 8 heavy (non-hydrogen) atoms. The zero-order chi connectivity index (χ0) is 6.41. The maximum absolute atomic E-state index is 9.74. The Balaban J connectivity index is 2.82. The van der Waals surface area contributed by atoms with Gasteiger partial charge in [-0.2, -0.15) is 12.6 Å². The van der Waals surface area contributed by atoms with E-state index in [2.05, 4.69) is 17.4 Å². The quantitative estimate of drug-likeness (QED) is 0.331. The number of hydrogen-bond donors (Lipinski definition) is 2. The van der Waals surface area contributed by atoms with E-state index in [4.69, 9.17) is 0 Å². The second-order valence-electron chi connectivity index (χ2n) is 1.21. The molecule has 1 N–H and O–H groups in total. The third-order valence-electron chi connectivity index (χ3n) is 0.555. The van der Waals surface area contributed by atoms with E-state index in [1.807, 2.05) is 0 Å². The van der Waals surface area contributed by atoms with E-state index in [1.165, 1.54) is 0 Å². The van der Waals surface area contributed by atoms with Gasteiger partial charge in [-0.15, -0.1) is 0 Å². The van der Waals surface area contributed by atoms with Crippen molar-refractivity contribution in [3.05, 3.63) is 0 Å². The van der Waals surface area contributed by atoms with Crippen LogP contribution >= 0.6 is 12.6 Å². The van der Waals surface area contributed by atoms with Gasteiger partial charge in [0.15, 0.2) is 0 Å².